The zero-order valence-corrected chi connectivity index (χ0v) is 8.54. The van der Waals surface area contributed by atoms with E-state index in [1.807, 2.05) is 0 Å². The van der Waals surface area contributed by atoms with Gasteiger partial charge in [0.05, 0.1) is 19.3 Å². The molecule has 1 unspecified atom stereocenters. The Bertz CT molecular complexity index is 124. The zero-order chi connectivity index (χ0) is 9.52. The average Bonchev–Trinajstić information content (AvgIpc) is 2.16. The van der Waals surface area contributed by atoms with Crippen molar-refractivity contribution in [1.82, 2.24) is 4.90 Å². The molecule has 1 aliphatic heterocycles. The first-order valence-electron chi connectivity index (χ1n) is 5.31. The van der Waals surface area contributed by atoms with Gasteiger partial charge in [0, 0.05) is 19.6 Å². The topological polar surface area (TPSA) is 32.7 Å². The Kier molecular flexibility index (Phi) is 5.35. The lowest BCUT2D eigenvalue weighted by Crippen LogP contribution is -2.40. The van der Waals surface area contributed by atoms with Crippen molar-refractivity contribution in [2.45, 2.75) is 32.3 Å². The highest BCUT2D eigenvalue weighted by molar-refractivity contribution is 4.67. The minimum absolute atomic E-state index is 0.141. The first kappa shape index (κ1) is 11.0. The van der Waals surface area contributed by atoms with Gasteiger partial charge in [0.25, 0.3) is 0 Å². The Balaban J connectivity index is 2.07. The quantitative estimate of drug-likeness (QED) is 0.693. The molecule has 78 valence electrons. The molecule has 1 saturated heterocycles. The van der Waals surface area contributed by atoms with Crippen molar-refractivity contribution < 1.29 is 9.84 Å². The van der Waals surface area contributed by atoms with Crippen molar-refractivity contribution >= 4 is 0 Å². The SMILES string of the molecule is CCCCC(O)CN1CCOCC1. The van der Waals surface area contributed by atoms with Gasteiger partial charge in [0.15, 0.2) is 0 Å². The van der Waals surface area contributed by atoms with E-state index < -0.39 is 0 Å². The van der Waals surface area contributed by atoms with E-state index in [1.54, 1.807) is 0 Å². The molecule has 1 heterocycles. The Hall–Kier alpha value is -0.120. The maximum absolute atomic E-state index is 9.65. The van der Waals surface area contributed by atoms with Gasteiger partial charge in [-0.3, -0.25) is 4.90 Å². The third kappa shape index (κ3) is 4.60. The second kappa shape index (κ2) is 6.35. The van der Waals surface area contributed by atoms with Gasteiger partial charge in [-0.25, -0.2) is 0 Å². The molecule has 13 heavy (non-hydrogen) atoms. The van der Waals surface area contributed by atoms with Gasteiger partial charge < -0.3 is 9.84 Å². The van der Waals surface area contributed by atoms with Crippen LogP contribution in [0.2, 0.25) is 0 Å². The monoisotopic (exact) mass is 187 g/mol. The molecule has 1 rings (SSSR count). The van der Waals surface area contributed by atoms with Gasteiger partial charge in [0.1, 0.15) is 0 Å². The van der Waals surface area contributed by atoms with Crippen LogP contribution in [0.3, 0.4) is 0 Å². The molecule has 0 aromatic heterocycles. The lowest BCUT2D eigenvalue weighted by molar-refractivity contribution is 0.0128. The Morgan fingerprint density at radius 2 is 2.08 bits per heavy atom. The van der Waals surface area contributed by atoms with Gasteiger partial charge in [-0.2, -0.15) is 0 Å². The molecule has 1 fully saturated rings. The normalized spacial score (nSPS) is 21.7. The van der Waals surface area contributed by atoms with Gasteiger partial charge in [-0.1, -0.05) is 19.8 Å². The number of nitrogens with zero attached hydrogens (tertiary/aromatic N) is 1. The number of morpholine rings is 1. The minimum atomic E-state index is -0.141. The third-order valence-corrected chi connectivity index (χ3v) is 2.46. The Morgan fingerprint density at radius 1 is 1.38 bits per heavy atom. The highest BCUT2D eigenvalue weighted by Gasteiger charge is 2.13. The summed E-state index contributed by atoms with van der Waals surface area (Å²) < 4.78 is 5.24. The first-order chi connectivity index (χ1) is 6.33. The number of rotatable bonds is 5. The van der Waals surface area contributed by atoms with Crippen LogP contribution in [-0.2, 0) is 4.74 Å². The highest BCUT2D eigenvalue weighted by Crippen LogP contribution is 2.04. The minimum Gasteiger partial charge on any atom is -0.392 e. The lowest BCUT2D eigenvalue weighted by atomic mass is 10.1. The molecule has 3 heteroatoms. The largest absolute Gasteiger partial charge is 0.392 e. The van der Waals surface area contributed by atoms with E-state index >= 15 is 0 Å². The summed E-state index contributed by atoms with van der Waals surface area (Å²) in [7, 11) is 0. The predicted molar refractivity (Wildman–Crippen MR) is 52.8 cm³/mol. The van der Waals surface area contributed by atoms with E-state index in [1.165, 1.54) is 6.42 Å². The second-order valence-electron chi connectivity index (χ2n) is 3.71. The van der Waals surface area contributed by atoms with Crippen molar-refractivity contribution in [1.29, 1.82) is 0 Å². The Labute approximate surface area is 80.7 Å². The van der Waals surface area contributed by atoms with Crippen LogP contribution in [0.5, 0.6) is 0 Å². The predicted octanol–water partition coefficient (Wildman–Crippen LogP) is 0.870. The fourth-order valence-electron chi connectivity index (χ4n) is 1.61. The van der Waals surface area contributed by atoms with Crippen molar-refractivity contribution in [2.75, 3.05) is 32.8 Å². The van der Waals surface area contributed by atoms with Crippen molar-refractivity contribution in [2.24, 2.45) is 0 Å². The molecule has 0 aliphatic carbocycles. The fourth-order valence-corrected chi connectivity index (χ4v) is 1.61. The molecule has 3 nitrogen and oxygen atoms in total. The summed E-state index contributed by atoms with van der Waals surface area (Å²) in [6, 6.07) is 0. The van der Waals surface area contributed by atoms with E-state index in [9.17, 15) is 5.11 Å². The van der Waals surface area contributed by atoms with Crippen LogP contribution in [0.1, 0.15) is 26.2 Å². The van der Waals surface area contributed by atoms with Crippen LogP contribution in [0.4, 0.5) is 0 Å². The van der Waals surface area contributed by atoms with E-state index in [4.69, 9.17) is 4.74 Å². The summed E-state index contributed by atoms with van der Waals surface area (Å²) in [5.74, 6) is 0. The number of hydrogen-bond acceptors (Lipinski definition) is 3. The van der Waals surface area contributed by atoms with Gasteiger partial charge in [-0.15, -0.1) is 0 Å². The standard InChI is InChI=1S/C10H21NO2/c1-2-3-4-10(12)9-11-5-7-13-8-6-11/h10,12H,2-9H2,1H3. The Morgan fingerprint density at radius 3 is 2.69 bits per heavy atom. The van der Waals surface area contributed by atoms with E-state index in [-0.39, 0.29) is 6.10 Å². The summed E-state index contributed by atoms with van der Waals surface area (Å²) in [5.41, 5.74) is 0. The zero-order valence-electron chi connectivity index (χ0n) is 8.54. The average molecular weight is 187 g/mol. The molecular formula is C10H21NO2. The van der Waals surface area contributed by atoms with Gasteiger partial charge in [0.2, 0.25) is 0 Å². The molecule has 1 atom stereocenters. The van der Waals surface area contributed by atoms with Gasteiger partial charge >= 0.3 is 0 Å². The number of β-amino-alcohol motifs (C(OH)–C–C–N with tert-alkyl or cyclic N) is 1. The maximum Gasteiger partial charge on any atom is 0.0667 e. The number of hydrogen-bond donors (Lipinski definition) is 1. The smallest absolute Gasteiger partial charge is 0.0667 e. The van der Waals surface area contributed by atoms with Crippen LogP contribution in [0.25, 0.3) is 0 Å². The molecule has 0 amide bonds. The van der Waals surface area contributed by atoms with Crippen molar-refractivity contribution in [3.8, 4) is 0 Å². The van der Waals surface area contributed by atoms with Crippen molar-refractivity contribution in [3.05, 3.63) is 0 Å². The summed E-state index contributed by atoms with van der Waals surface area (Å²) in [6.07, 6.45) is 3.09. The summed E-state index contributed by atoms with van der Waals surface area (Å²) in [5, 5.41) is 9.65. The molecule has 0 aromatic rings. The van der Waals surface area contributed by atoms with Crippen LogP contribution >= 0.6 is 0 Å². The lowest BCUT2D eigenvalue weighted by Gasteiger charge is -2.28. The van der Waals surface area contributed by atoms with E-state index in [2.05, 4.69) is 11.8 Å². The molecule has 0 radical (unpaired) electrons. The van der Waals surface area contributed by atoms with Crippen molar-refractivity contribution in [3.63, 3.8) is 0 Å². The first-order valence-corrected chi connectivity index (χ1v) is 5.31. The van der Waals surface area contributed by atoms with E-state index in [0.29, 0.717) is 0 Å². The van der Waals surface area contributed by atoms with Crippen LogP contribution in [0.15, 0.2) is 0 Å². The maximum atomic E-state index is 9.65. The number of aliphatic hydroxyl groups is 1. The fraction of sp³-hybridized carbons (Fsp3) is 1.00. The number of ether oxygens (including phenoxy) is 1. The number of unbranched alkanes of at least 4 members (excludes halogenated alkanes) is 1. The summed E-state index contributed by atoms with van der Waals surface area (Å²) >= 11 is 0. The molecule has 0 aromatic carbocycles. The van der Waals surface area contributed by atoms with Crippen LogP contribution < -0.4 is 0 Å². The summed E-state index contributed by atoms with van der Waals surface area (Å²) in [6.45, 7) is 6.57. The molecule has 1 N–H and O–H groups in total. The molecule has 1 aliphatic rings. The van der Waals surface area contributed by atoms with Crippen LogP contribution in [0, 0.1) is 0 Å². The third-order valence-electron chi connectivity index (χ3n) is 2.46. The number of aliphatic hydroxyl groups excluding tert-OH is 1. The van der Waals surface area contributed by atoms with Crippen LogP contribution in [-0.4, -0.2) is 49.0 Å². The highest BCUT2D eigenvalue weighted by atomic mass is 16.5. The molecular weight excluding hydrogens is 166 g/mol. The molecule has 0 bridgehead atoms. The molecule has 0 spiro atoms. The molecule has 0 saturated carbocycles. The summed E-state index contributed by atoms with van der Waals surface area (Å²) in [4.78, 5) is 2.28. The van der Waals surface area contributed by atoms with E-state index in [0.717, 1.165) is 45.7 Å². The second-order valence-corrected chi connectivity index (χ2v) is 3.71. The van der Waals surface area contributed by atoms with Gasteiger partial charge in [-0.05, 0) is 6.42 Å².